The van der Waals surface area contributed by atoms with Gasteiger partial charge in [0.05, 0.1) is 11.7 Å². The molecule has 1 unspecified atom stereocenters. The van der Waals surface area contributed by atoms with Crippen LogP contribution in [0.1, 0.15) is 26.3 Å². The van der Waals surface area contributed by atoms with Crippen LogP contribution in [0.5, 0.6) is 0 Å². The summed E-state index contributed by atoms with van der Waals surface area (Å²) >= 11 is 7.11. The molecule has 0 spiro atoms. The highest BCUT2D eigenvalue weighted by Crippen LogP contribution is 2.31. The number of anilines is 1. The van der Waals surface area contributed by atoms with Gasteiger partial charge in [0.2, 0.25) is 0 Å². The Balaban J connectivity index is 2.30. The van der Waals surface area contributed by atoms with E-state index in [0.29, 0.717) is 0 Å². The number of rotatable bonds is 2. The van der Waals surface area contributed by atoms with Crippen molar-refractivity contribution in [2.24, 2.45) is 0 Å². The van der Waals surface area contributed by atoms with Crippen LogP contribution in [0.3, 0.4) is 0 Å². The minimum absolute atomic E-state index is 0.0890. The number of halogens is 2. The highest BCUT2D eigenvalue weighted by molar-refractivity contribution is 9.10. The molecule has 0 amide bonds. The number of benzene rings is 1. The van der Waals surface area contributed by atoms with Gasteiger partial charge in [-0.3, -0.25) is 0 Å². The average molecular weight is 377 g/mol. The Labute approximate surface area is 126 Å². The lowest BCUT2D eigenvalue weighted by molar-refractivity contribution is -0.0750. The number of morpholine rings is 1. The zero-order valence-corrected chi connectivity index (χ0v) is 14.2. The predicted molar refractivity (Wildman–Crippen MR) is 83.6 cm³/mol. The SMILES string of the molecule is CC1CN(c2ccc(Br)cc2CBr)CC(C)(C)O1. The van der Waals surface area contributed by atoms with E-state index >= 15 is 0 Å². The zero-order valence-electron chi connectivity index (χ0n) is 11.0. The van der Waals surface area contributed by atoms with E-state index in [4.69, 9.17) is 4.74 Å². The first-order valence-corrected chi connectivity index (χ1v) is 8.10. The monoisotopic (exact) mass is 375 g/mol. The van der Waals surface area contributed by atoms with Gasteiger partial charge >= 0.3 is 0 Å². The Kier molecular flexibility index (Phi) is 4.40. The van der Waals surface area contributed by atoms with Gasteiger partial charge in [-0.25, -0.2) is 0 Å². The second-order valence-corrected chi connectivity index (χ2v) is 6.95. The van der Waals surface area contributed by atoms with Crippen LogP contribution in [-0.2, 0) is 10.1 Å². The summed E-state index contributed by atoms with van der Waals surface area (Å²) in [7, 11) is 0. The first-order valence-electron chi connectivity index (χ1n) is 6.18. The van der Waals surface area contributed by atoms with E-state index in [2.05, 4.69) is 75.7 Å². The third-order valence-corrected chi connectivity index (χ3v) is 4.19. The van der Waals surface area contributed by atoms with Gasteiger partial charge in [-0.05, 0) is 44.5 Å². The highest BCUT2D eigenvalue weighted by Gasteiger charge is 2.32. The van der Waals surface area contributed by atoms with Crippen molar-refractivity contribution in [1.82, 2.24) is 0 Å². The first kappa shape index (κ1) is 14.4. The van der Waals surface area contributed by atoms with Gasteiger partial charge in [-0.2, -0.15) is 0 Å². The first-order chi connectivity index (χ1) is 8.41. The lowest BCUT2D eigenvalue weighted by Gasteiger charge is -2.43. The largest absolute Gasteiger partial charge is 0.369 e. The molecule has 0 N–H and O–H groups in total. The molecule has 1 atom stereocenters. The normalized spacial score (nSPS) is 23.2. The van der Waals surface area contributed by atoms with E-state index < -0.39 is 0 Å². The van der Waals surface area contributed by atoms with Gasteiger partial charge in [0.1, 0.15) is 0 Å². The van der Waals surface area contributed by atoms with E-state index in [1.165, 1.54) is 11.3 Å². The quantitative estimate of drug-likeness (QED) is 0.711. The van der Waals surface area contributed by atoms with Crippen molar-refractivity contribution < 1.29 is 4.74 Å². The average Bonchev–Trinajstić information content (AvgIpc) is 2.25. The van der Waals surface area contributed by atoms with Gasteiger partial charge in [0.25, 0.3) is 0 Å². The molecule has 1 heterocycles. The maximum atomic E-state index is 5.96. The summed E-state index contributed by atoms with van der Waals surface area (Å²) in [6.45, 7) is 8.33. The molecule has 1 saturated heterocycles. The van der Waals surface area contributed by atoms with Crippen LogP contribution in [0.15, 0.2) is 22.7 Å². The van der Waals surface area contributed by atoms with Gasteiger partial charge < -0.3 is 9.64 Å². The molecule has 0 radical (unpaired) electrons. The summed E-state index contributed by atoms with van der Waals surface area (Å²) in [5.74, 6) is 0. The van der Waals surface area contributed by atoms with Crippen molar-refractivity contribution in [3.05, 3.63) is 28.2 Å². The molecule has 100 valence electrons. The summed E-state index contributed by atoms with van der Waals surface area (Å²) in [4.78, 5) is 2.43. The Hall–Kier alpha value is -0.0600. The fourth-order valence-corrected chi connectivity index (χ4v) is 3.46. The number of hydrogen-bond acceptors (Lipinski definition) is 2. The van der Waals surface area contributed by atoms with E-state index in [1.807, 2.05) is 0 Å². The van der Waals surface area contributed by atoms with E-state index in [-0.39, 0.29) is 11.7 Å². The predicted octanol–water partition coefficient (Wildman–Crippen LogP) is 4.35. The van der Waals surface area contributed by atoms with Crippen molar-refractivity contribution in [2.45, 2.75) is 37.8 Å². The molecule has 18 heavy (non-hydrogen) atoms. The molecule has 2 nitrogen and oxygen atoms in total. The molecular weight excluding hydrogens is 358 g/mol. The molecule has 1 aliphatic heterocycles. The molecule has 1 aromatic carbocycles. The molecular formula is C14H19Br2NO. The third kappa shape index (κ3) is 3.28. The summed E-state index contributed by atoms with van der Waals surface area (Å²) in [5.41, 5.74) is 2.53. The lowest BCUT2D eigenvalue weighted by atomic mass is 10.0. The summed E-state index contributed by atoms with van der Waals surface area (Å²) in [6.07, 6.45) is 0.264. The maximum absolute atomic E-state index is 5.96. The topological polar surface area (TPSA) is 12.5 Å². The zero-order chi connectivity index (χ0) is 13.3. The number of alkyl halides is 1. The highest BCUT2D eigenvalue weighted by atomic mass is 79.9. The molecule has 0 aromatic heterocycles. The van der Waals surface area contributed by atoms with Crippen molar-refractivity contribution in [2.75, 3.05) is 18.0 Å². The summed E-state index contributed by atoms with van der Waals surface area (Å²) in [6, 6.07) is 6.47. The molecule has 1 aromatic rings. The Morgan fingerprint density at radius 1 is 1.44 bits per heavy atom. The fraction of sp³-hybridized carbons (Fsp3) is 0.571. The molecule has 1 fully saturated rings. The second-order valence-electron chi connectivity index (χ2n) is 5.48. The standard InChI is InChI=1S/C14H19Br2NO/c1-10-8-17(9-14(2,3)18-10)13-5-4-12(16)6-11(13)7-15/h4-6,10H,7-9H2,1-3H3. The Bertz CT molecular complexity index is 434. The van der Waals surface area contributed by atoms with Gasteiger partial charge in [0.15, 0.2) is 0 Å². The minimum atomic E-state index is -0.0890. The van der Waals surface area contributed by atoms with Crippen LogP contribution in [0.25, 0.3) is 0 Å². The van der Waals surface area contributed by atoms with Crippen molar-refractivity contribution in [3.8, 4) is 0 Å². The van der Waals surface area contributed by atoms with Gasteiger partial charge in [-0.1, -0.05) is 31.9 Å². The molecule has 0 saturated carbocycles. The van der Waals surface area contributed by atoms with Gasteiger partial charge in [-0.15, -0.1) is 0 Å². The lowest BCUT2D eigenvalue weighted by Crippen LogP contribution is -2.52. The number of nitrogens with zero attached hydrogens (tertiary/aromatic N) is 1. The van der Waals surface area contributed by atoms with Crippen molar-refractivity contribution in [3.63, 3.8) is 0 Å². The van der Waals surface area contributed by atoms with Crippen molar-refractivity contribution >= 4 is 37.5 Å². The second kappa shape index (κ2) is 5.51. The van der Waals surface area contributed by atoms with Crippen LogP contribution in [0.2, 0.25) is 0 Å². The third-order valence-electron chi connectivity index (χ3n) is 3.10. The molecule has 4 heteroatoms. The van der Waals surface area contributed by atoms with E-state index in [1.54, 1.807) is 0 Å². The van der Waals surface area contributed by atoms with Crippen LogP contribution in [0.4, 0.5) is 5.69 Å². The molecule has 0 bridgehead atoms. The van der Waals surface area contributed by atoms with Crippen LogP contribution < -0.4 is 4.90 Å². The maximum Gasteiger partial charge on any atom is 0.0805 e. The smallest absolute Gasteiger partial charge is 0.0805 e. The van der Waals surface area contributed by atoms with Gasteiger partial charge in [0, 0.05) is 28.6 Å². The number of ether oxygens (including phenoxy) is 1. The van der Waals surface area contributed by atoms with Crippen LogP contribution >= 0.6 is 31.9 Å². The van der Waals surface area contributed by atoms with E-state index in [9.17, 15) is 0 Å². The van der Waals surface area contributed by atoms with E-state index in [0.717, 1.165) is 22.9 Å². The minimum Gasteiger partial charge on any atom is -0.369 e. The molecule has 0 aliphatic carbocycles. The number of hydrogen-bond donors (Lipinski definition) is 0. The summed E-state index contributed by atoms with van der Waals surface area (Å²) in [5, 5.41) is 0.869. The van der Waals surface area contributed by atoms with Crippen molar-refractivity contribution in [1.29, 1.82) is 0 Å². The molecule has 2 rings (SSSR count). The summed E-state index contributed by atoms with van der Waals surface area (Å²) < 4.78 is 7.09. The van der Waals surface area contributed by atoms with Crippen LogP contribution in [0, 0.1) is 0 Å². The fourth-order valence-electron chi connectivity index (χ4n) is 2.61. The molecule has 1 aliphatic rings. The Morgan fingerprint density at radius 2 is 2.17 bits per heavy atom. The Morgan fingerprint density at radius 3 is 2.78 bits per heavy atom. The van der Waals surface area contributed by atoms with Crippen LogP contribution in [-0.4, -0.2) is 24.8 Å².